The number of unbranched alkanes of at least 4 members (excludes halogenated alkanes) is 1. The lowest BCUT2D eigenvalue weighted by Crippen LogP contribution is -2.43. The van der Waals surface area contributed by atoms with Gasteiger partial charge in [-0.25, -0.2) is 0 Å². The van der Waals surface area contributed by atoms with Crippen LogP contribution in [0, 0.1) is 5.92 Å². The van der Waals surface area contributed by atoms with Crippen molar-refractivity contribution in [2.24, 2.45) is 11.7 Å². The summed E-state index contributed by atoms with van der Waals surface area (Å²) in [5.74, 6) is 2.99. The van der Waals surface area contributed by atoms with Gasteiger partial charge in [0.05, 0.1) is 13.7 Å². The molecule has 0 aliphatic carbocycles. The standard InChI is InChI=1S/C36H45N3O4/c1-4-6-19-39(29-14-9-11-26(20-29)22-37)36(40)24-38-23-31(28-17-18-34-35(21-28)43-25-42-34)30(5-2)32(38)15-10-13-27-12-7-8-16-33(27)41-3/h5,7-9,11-12,14,16-18,20-21,30-32H,2,4,6,10,13,15,19,22-25,37H2,1,3H3/t30-,31-,32+/m1/s1. The molecule has 0 bridgehead atoms. The number of likely N-dealkylation sites (tertiary alicyclic amines) is 1. The van der Waals surface area contributed by atoms with E-state index >= 15 is 0 Å². The fraction of sp³-hybridized carbons (Fsp3) is 0.417. The largest absolute Gasteiger partial charge is 0.496 e. The molecule has 43 heavy (non-hydrogen) atoms. The predicted octanol–water partition coefficient (Wildman–Crippen LogP) is 6.31. The molecule has 0 aromatic heterocycles. The predicted molar refractivity (Wildman–Crippen MR) is 172 cm³/mol. The second-order valence-electron chi connectivity index (χ2n) is 11.5. The van der Waals surface area contributed by atoms with Crippen molar-refractivity contribution in [2.75, 3.05) is 38.4 Å². The minimum atomic E-state index is 0.117. The first-order valence-electron chi connectivity index (χ1n) is 15.5. The van der Waals surface area contributed by atoms with Gasteiger partial charge in [-0.2, -0.15) is 0 Å². The van der Waals surface area contributed by atoms with Crippen molar-refractivity contribution in [1.29, 1.82) is 0 Å². The number of amides is 1. The molecule has 2 heterocycles. The number of nitrogens with zero attached hydrogens (tertiary/aromatic N) is 2. The highest BCUT2D eigenvalue weighted by Gasteiger charge is 2.42. The molecular formula is C36H45N3O4. The lowest BCUT2D eigenvalue weighted by atomic mass is 9.83. The SMILES string of the molecule is C=C[C@@H]1[C@@H](c2ccc3c(c2)OCO3)CN(CC(=O)N(CCCC)c2cccc(CN)c2)[C@H]1CCCc1ccccc1OC. The van der Waals surface area contributed by atoms with Crippen LogP contribution < -0.4 is 24.8 Å². The molecule has 3 aromatic rings. The van der Waals surface area contributed by atoms with Crippen molar-refractivity contribution in [1.82, 2.24) is 4.90 Å². The molecular weight excluding hydrogens is 538 g/mol. The minimum Gasteiger partial charge on any atom is -0.496 e. The van der Waals surface area contributed by atoms with Crippen molar-refractivity contribution in [3.8, 4) is 17.2 Å². The number of ether oxygens (including phenoxy) is 3. The molecule has 2 aliphatic heterocycles. The molecule has 0 saturated carbocycles. The Morgan fingerprint density at radius 1 is 1.09 bits per heavy atom. The lowest BCUT2D eigenvalue weighted by Gasteiger charge is -2.30. The van der Waals surface area contributed by atoms with Crippen LogP contribution in [0.1, 0.15) is 55.2 Å². The number of rotatable bonds is 14. The van der Waals surface area contributed by atoms with Gasteiger partial charge in [0.15, 0.2) is 11.5 Å². The number of para-hydroxylation sites is 1. The smallest absolute Gasteiger partial charge is 0.241 e. The van der Waals surface area contributed by atoms with E-state index in [1.165, 1.54) is 11.1 Å². The van der Waals surface area contributed by atoms with Crippen LogP contribution in [0.4, 0.5) is 5.69 Å². The summed E-state index contributed by atoms with van der Waals surface area (Å²) in [5.41, 5.74) is 10.3. The molecule has 0 spiro atoms. The van der Waals surface area contributed by atoms with Crippen LogP contribution in [-0.4, -0.2) is 50.4 Å². The zero-order valence-electron chi connectivity index (χ0n) is 25.5. The summed E-state index contributed by atoms with van der Waals surface area (Å²) < 4.78 is 16.9. The Kier molecular flexibility index (Phi) is 10.4. The summed E-state index contributed by atoms with van der Waals surface area (Å²) in [4.78, 5) is 18.4. The van der Waals surface area contributed by atoms with Crippen LogP contribution in [0.3, 0.4) is 0 Å². The van der Waals surface area contributed by atoms with Crippen LogP contribution in [0.5, 0.6) is 17.2 Å². The zero-order chi connectivity index (χ0) is 30.2. The van der Waals surface area contributed by atoms with Gasteiger partial charge in [0, 0.05) is 43.2 Å². The van der Waals surface area contributed by atoms with Crippen molar-refractivity contribution in [3.63, 3.8) is 0 Å². The number of aryl methyl sites for hydroxylation is 1. The highest BCUT2D eigenvalue weighted by molar-refractivity contribution is 5.95. The number of nitrogens with two attached hydrogens (primary N) is 1. The van der Waals surface area contributed by atoms with Gasteiger partial charge in [-0.1, -0.05) is 55.8 Å². The number of hydrogen-bond donors (Lipinski definition) is 1. The Bertz CT molecular complexity index is 1390. The number of anilines is 1. The van der Waals surface area contributed by atoms with E-state index in [1.54, 1.807) is 7.11 Å². The van der Waals surface area contributed by atoms with Crippen LogP contribution in [0.25, 0.3) is 0 Å². The Morgan fingerprint density at radius 3 is 2.72 bits per heavy atom. The molecule has 228 valence electrons. The average Bonchev–Trinajstić information content (AvgIpc) is 3.65. The Labute approximate surface area is 256 Å². The van der Waals surface area contributed by atoms with E-state index in [2.05, 4.69) is 48.7 Å². The van der Waals surface area contributed by atoms with E-state index < -0.39 is 0 Å². The molecule has 0 unspecified atom stereocenters. The maximum absolute atomic E-state index is 14.1. The number of benzene rings is 3. The van der Waals surface area contributed by atoms with Crippen molar-refractivity contribution in [3.05, 3.63) is 96.1 Å². The summed E-state index contributed by atoms with van der Waals surface area (Å²) in [5, 5.41) is 0. The summed E-state index contributed by atoms with van der Waals surface area (Å²) in [6, 6.07) is 22.7. The van der Waals surface area contributed by atoms with Crippen molar-refractivity contribution in [2.45, 2.75) is 57.5 Å². The Morgan fingerprint density at radius 2 is 1.93 bits per heavy atom. The molecule has 2 aliphatic rings. The van der Waals surface area contributed by atoms with E-state index in [0.717, 1.165) is 67.1 Å². The maximum atomic E-state index is 14.1. The third-order valence-electron chi connectivity index (χ3n) is 8.88. The summed E-state index contributed by atoms with van der Waals surface area (Å²) in [6.07, 6.45) is 6.88. The number of carbonyl (C=O) groups excluding carboxylic acids is 1. The second kappa shape index (κ2) is 14.6. The van der Waals surface area contributed by atoms with Gasteiger partial charge in [0.1, 0.15) is 5.75 Å². The van der Waals surface area contributed by atoms with Gasteiger partial charge in [0.2, 0.25) is 12.7 Å². The third kappa shape index (κ3) is 7.06. The number of methoxy groups -OCH3 is 1. The monoisotopic (exact) mass is 583 g/mol. The van der Waals surface area contributed by atoms with Crippen molar-refractivity contribution < 1.29 is 19.0 Å². The maximum Gasteiger partial charge on any atom is 0.241 e. The van der Waals surface area contributed by atoms with E-state index in [-0.39, 0.29) is 30.6 Å². The van der Waals surface area contributed by atoms with Gasteiger partial charge in [-0.15, -0.1) is 6.58 Å². The molecule has 3 atom stereocenters. The number of hydrogen-bond acceptors (Lipinski definition) is 6. The molecule has 1 amide bonds. The molecule has 1 fully saturated rings. The van der Waals surface area contributed by atoms with E-state index in [1.807, 2.05) is 47.4 Å². The van der Waals surface area contributed by atoms with Crippen LogP contribution in [-0.2, 0) is 17.8 Å². The molecule has 1 saturated heterocycles. The van der Waals surface area contributed by atoms with E-state index in [0.29, 0.717) is 19.6 Å². The van der Waals surface area contributed by atoms with Crippen LogP contribution in [0.2, 0.25) is 0 Å². The van der Waals surface area contributed by atoms with Gasteiger partial charge in [-0.3, -0.25) is 9.69 Å². The Balaban J connectivity index is 1.39. The third-order valence-corrected chi connectivity index (χ3v) is 8.88. The first kappa shape index (κ1) is 30.6. The minimum absolute atomic E-state index is 0.117. The highest BCUT2D eigenvalue weighted by atomic mass is 16.7. The molecule has 5 rings (SSSR count). The highest BCUT2D eigenvalue weighted by Crippen LogP contribution is 2.43. The van der Waals surface area contributed by atoms with E-state index in [4.69, 9.17) is 19.9 Å². The van der Waals surface area contributed by atoms with Gasteiger partial charge >= 0.3 is 0 Å². The first-order chi connectivity index (χ1) is 21.1. The zero-order valence-corrected chi connectivity index (χ0v) is 25.5. The van der Waals surface area contributed by atoms with Crippen molar-refractivity contribution >= 4 is 11.6 Å². The topological polar surface area (TPSA) is 77.3 Å². The van der Waals surface area contributed by atoms with E-state index in [9.17, 15) is 4.79 Å². The fourth-order valence-electron chi connectivity index (χ4n) is 6.61. The first-order valence-corrected chi connectivity index (χ1v) is 15.5. The summed E-state index contributed by atoms with van der Waals surface area (Å²) in [7, 11) is 1.72. The molecule has 2 N–H and O–H groups in total. The number of fused-ring (bicyclic) bond motifs is 1. The van der Waals surface area contributed by atoms with Gasteiger partial charge in [0.25, 0.3) is 0 Å². The van der Waals surface area contributed by atoms with Gasteiger partial charge < -0.3 is 24.8 Å². The lowest BCUT2D eigenvalue weighted by molar-refractivity contribution is -0.120. The van der Waals surface area contributed by atoms with Gasteiger partial charge in [-0.05, 0) is 72.7 Å². The molecule has 7 nitrogen and oxygen atoms in total. The summed E-state index contributed by atoms with van der Waals surface area (Å²) in [6.45, 7) is 8.94. The van der Waals surface area contributed by atoms with Crippen LogP contribution >= 0.6 is 0 Å². The quantitative estimate of drug-likeness (QED) is 0.224. The molecule has 0 radical (unpaired) electrons. The number of carbonyl (C=O) groups is 1. The molecule has 3 aromatic carbocycles. The fourth-order valence-corrected chi connectivity index (χ4v) is 6.61. The Hall–Kier alpha value is -3.81. The normalized spacial score (nSPS) is 19.4. The summed E-state index contributed by atoms with van der Waals surface area (Å²) >= 11 is 0. The van der Waals surface area contributed by atoms with Crippen LogP contribution in [0.15, 0.2) is 79.4 Å². The second-order valence-corrected chi connectivity index (χ2v) is 11.5. The average molecular weight is 584 g/mol. The molecule has 7 heteroatoms.